The molecule has 0 amide bonds. The number of aromatic nitrogens is 9. The summed E-state index contributed by atoms with van der Waals surface area (Å²) in [6, 6.07) is 135. The Kier molecular flexibility index (Phi) is 14.7. The first-order valence-electron chi connectivity index (χ1n) is 37.5. The van der Waals surface area contributed by atoms with Gasteiger partial charge in [0.1, 0.15) is 11.2 Å². The van der Waals surface area contributed by atoms with Crippen LogP contribution in [0.4, 0.5) is 0 Å². The van der Waals surface area contributed by atoms with Gasteiger partial charge in [0.15, 0.2) is 11.6 Å². The highest BCUT2D eigenvalue weighted by atomic mass is 16.3. The second kappa shape index (κ2) is 25.8. The maximum atomic E-state index is 6.34. The van der Waals surface area contributed by atoms with E-state index in [2.05, 4.69) is 358 Å². The second-order valence-corrected chi connectivity index (χ2v) is 28.2. The van der Waals surface area contributed by atoms with Gasteiger partial charge in [-0.2, -0.15) is 9.97 Å². The molecule has 111 heavy (non-hydrogen) atoms. The van der Waals surface area contributed by atoms with Crippen LogP contribution in [0.15, 0.2) is 387 Å². The van der Waals surface area contributed by atoms with E-state index in [0.717, 1.165) is 127 Å². The molecule has 0 saturated carbocycles. The summed E-state index contributed by atoms with van der Waals surface area (Å²) in [6.45, 7) is 0. The highest BCUT2D eigenvalue weighted by molar-refractivity contribution is 6.28. The average Bonchev–Trinajstić information content (AvgIpc) is 1.55. The molecule has 23 rings (SSSR count). The van der Waals surface area contributed by atoms with E-state index >= 15 is 0 Å². The van der Waals surface area contributed by atoms with Gasteiger partial charge in [-0.05, 0) is 118 Å². The number of hydrogen-bond donors (Lipinski definition) is 0. The lowest BCUT2D eigenvalue weighted by Crippen LogP contribution is -2.06. The average molecular weight is 1420 g/mol. The van der Waals surface area contributed by atoms with Gasteiger partial charge in [-0.3, -0.25) is 9.13 Å². The van der Waals surface area contributed by atoms with Gasteiger partial charge in [-0.1, -0.05) is 297 Å². The molecular formula is C101H63N9O. The molecule has 0 atom stereocenters. The number of benzene rings is 16. The molecule has 0 unspecified atom stereocenters. The lowest BCUT2D eigenvalue weighted by molar-refractivity contribution is 0.669. The minimum atomic E-state index is 0.571. The standard InChI is InChI=1S/C51H33N5.C50H30N4O/c1-4-14-34(15-5-1)36-24-26-39(27-25-36)50-52-49(38-18-8-3-9-19-38)53-51(54-50)56-45-23-13-11-21-43(45)47-46(56)33-32-42-41-20-10-12-22-44(41)55(48(42)47)40-30-28-37(29-31-40)35-16-6-2-7-17-35;1-2-12-31(13-3-1)32-22-25-34(26-23-32)53-42-19-9-5-14-35(42)38-28-29-44-47(49(38)53)40-17-6-10-20-43(40)54(44)50-51-41-18-8-4-16-39(41)48(52-50)33-24-27-37-36-15-7-11-21-45(36)55-46(37)30-33/h1-33H;1-30H. The van der Waals surface area contributed by atoms with Crippen LogP contribution >= 0.6 is 0 Å². The molecule has 7 heterocycles. The first-order chi connectivity index (χ1) is 55.1. The van der Waals surface area contributed by atoms with E-state index in [1.54, 1.807) is 0 Å². The van der Waals surface area contributed by atoms with Gasteiger partial charge < -0.3 is 13.6 Å². The fraction of sp³-hybridized carbons (Fsp3) is 0. The van der Waals surface area contributed by atoms with Crippen molar-refractivity contribution < 1.29 is 4.42 Å². The van der Waals surface area contributed by atoms with E-state index in [9.17, 15) is 0 Å². The molecule has 0 aliphatic rings. The summed E-state index contributed by atoms with van der Waals surface area (Å²) in [5.41, 5.74) is 24.4. The largest absolute Gasteiger partial charge is 0.456 e. The highest BCUT2D eigenvalue weighted by Gasteiger charge is 2.26. The van der Waals surface area contributed by atoms with Crippen LogP contribution in [0.3, 0.4) is 0 Å². The van der Waals surface area contributed by atoms with Crippen molar-refractivity contribution in [2.75, 3.05) is 0 Å². The van der Waals surface area contributed by atoms with Crippen LogP contribution in [0.2, 0.25) is 0 Å². The maximum Gasteiger partial charge on any atom is 0.238 e. The van der Waals surface area contributed by atoms with Crippen LogP contribution in [-0.2, 0) is 0 Å². The van der Waals surface area contributed by atoms with Crippen molar-refractivity contribution in [3.63, 3.8) is 0 Å². The van der Waals surface area contributed by atoms with Crippen LogP contribution in [-0.4, -0.2) is 43.2 Å². The van der Waals surface area contributed by atoms with Crippen molar-refractivity contribution in [2.24, 2.45) is 0 Å². The zero-order valence-corrected chi connectivity index (χ0v) is 59.8. The molecule has 0 N–H and O–H groups in total. The van der Waals surface area contributed by atoms with Crippen molar-refractivity contribution in [3.8, 4) is 90.7 Å². The van der Waals surface area contributed by atoms with Crippen molar-refractivity contribution >= 4 is 120 Å². The first kappa shape index (κ1) is 63.2. The number of rotatable bonds is 10. The van der Waals surface area contributed by atoms with Crippen LogP contribution < -0.4 is 0 Å². The fourth-order valence-electron chi connectivity index (χ4n) is 16.9. The summed E-state index contributed by atoms with van der Waals surface area (Å²) in [6.07, 6.45) is 0. The van der Waals surface area contributed by atoms with Gasteiger partial charge in [0, 0.05) is 87.3 Å². The molecule has 0 bridgehead atoms. The lowest BCUT2D eigenvalue weighted by atomic mass is 10.0. The Labute approximate surface area is 636 Å². The van der Waals surface area contributed by atoms with Crippen molar-refractivity contribution in [1.29, 1.82) is 0 Å². The van der Waals surface area contributed by atoms with Crippen LogP contribution in [0, 0.1) is 0 Å². The molecule has 0 spiro atoms. The number of furan rings is 1. The zero-order valence-electron chi connectivity index (χ0n) is 59.8. The Hall–Kier alpha value is -15.1. The highest BCUT2D eigenvalue weighted by Crippen LogP contribution is 2.46. The zero-order chi connectivity index (χ0) is 73.0. The van der Waals surface area contributed by atoms with Crippen molar-refractivity contribution in [3.05, 3.63) is 382 Å². The molecular weight excluding hydrogens is 1360 g/mol. The Morgan fingerprint density at radius 2 is 0.541 bits per heavy atom. The Bertz CT molecular complexity index is 7590. The number of nitrogens with zero attached hydrogens (tertiary/aromatic N) is 9. The summed E-state index contributed by atoms with van der Waals surface area (Å²) in [5.74, 6) is 2.44. The number of hydrogen-bond acceptors (Lipinski definition) is 6. The van der Waals surface area contributed by atoms with E-state index in [1.165, 1.54) is 60.3 Å². The van der Waals surface area contributed by atoms with Crippen LogP contribution in [0.5, 0.6) is 0 Å². The maximum absolute atomic E-state index is 6.34. The predicted octanol–water partition coefficient (Wildman–Crippen LogP) is 25.8. The van der Waals surface area contributed by atoms with Gasteiger partial charge in [-0.15, -0.1) is 0 Å². The van der Waals surface area contributed by atoms with E-state index in [4.69, 9.17) is 29.3 Å². The third-order valence-electron chi connectivity index (χ3n) is 22.0. The molecule has 10 heteroatoms. The van der Waals surface area contributed by atoms with Gasteiger partial charge in [0.2, 0.25) is 11.9 Å². The molecule has 0 radical (unpaired) electrons. The van der Waals surface area contributed by atoms with E-state index in [0.29, 0.717) is 23.5 Å². The van der Waals surface area contributed by atoms with Crippen molar-refractivity contribution in [2.45, 2.75) is 0 Å². The van der Waals surface area contributed by atoms with Crippen molar-refractivity contribution in [1.82, 2.24) is 43.2 Å². The van der Waals surface area contributed by atoms with Crippen LogP contribution in [0.25, 0.3) is 211 Å². The predicted molar refractivity (Wildman–Crippen MR) is 457 cm³/mol. The molecule has 7 aromatic heterocycles. The smallest absolute Gasteiger partial charge is 0.238 e. The topological polar surface area (TPSA) is 97.3 Å². The molecule has 518 valence electrons. The fourth-order valence-corrected chi connectivity index (χ4v) is 16.9. The summed E-state index contributed by atoms with van der Waals surface area (Å²) in [7, 11) is 0. The van der Waals surface area contributed by atoms with E-state index in [-0.39, 0.29) is 0 Å². The molecule has 23 aromatic rings. The minimum absolute atomic E-state index is 0.571. The molecule has 0 saturated heterocycles. The summed E-state index contributed by atoms with van der Waals surface area (Å²) < 4.78 is 15.6. The quantitative estimate of drug-likeness (QED) is 0.135. The number of fused-ring (bicyclic) bond motifs is 18. The molecule has 16 aromatic carbocycles. The first-order valence-corrected chi connectivity index (χ1v) is 37.5. The lowest BCUT2D eigenvalue weighted by Gasteiger charge is -2.12. The van der Waals surface area contributed by atoms with Gasteiger partial charge >= 0.3 is 0 Å². The van der Waals surface area contributed by atoms with E-state index < -0.39 is 0 Å². The monoisotopic (exact) mass is 1420 g/mol. The Morgan fingerprint density at radius 1 is 0.198 bits per heavy atom. The Balaban J connectivity index is 0.000000137. The summed E-state index contributed by atoms with van der Waals surface area (Å²) >= 11 is 0. The summed E-state index contributed by atoms with van der Waals surface area (Å²) in [5, 5.41) is 12.6. The number of para-hydroxylation sites is 6. The van der Waals surface area contributed by atoms with Gasteiger partial charge in [0.05, 0.1) is 55.3 Å². The van der Waals surface area contributed by atoms with Crippen LogP contribution in [0.1, 0.15) is 0 Å². The Morgan fingerprint density at radius 3 is 1.04 bits per heavy atom. The SMILES string of the molecule is c1ccc(-c2ccc(-c3nc(-c4ccccc4)nc(-n4c5ccccc5c5c4ccc4c6ccccc6n(-c6ccc(-c7ccccc7)cc6)c45)n3)cc2)cc1.c1ccc(-c2ccc(-n3c4ccccc4c4ccc5c(c6ccccc6n5-c5nc(-c6ccc7c(c6)oc6ccccc67)c6ccccc6n5)c43)cc2)cc1. The molecule has 0 aliphatic heterocycles. The normalized spacial score (nSPS) is 11.8. The molecule has 0 fully saturated rings. The third kappa shape index (κ3) is 10.4. The minimum Gasteiger partial charge on any atom is -0.456 e. The van der Waals surface area contributed by atoms with E-state index in [1.807, 2.05) is 42.5 Å². The summed E-state index contributed by atoms with van der Waals surface area (Å²) in [4.78, 5) is 26.2. The molecule has 0 aliphatic carbocycles. The van der Waals surface area contributed by atoms with Gasteiger partial charge in [0.25, 0.3) is 0 Å². The molecule has 10 nitrogen and oxygen atoms in total. The van der Waals surface area contributed by atoms with Gasteiger partial charge in [-0.25, -0.2) is 15.0 Å². The second-order valence-electron chi connectivity index (χ2n) is 28.2. The third-order valence-corrected chi connectivity index (χ3v) is 22.0.